The second kappa shape index (κ2) is 10.3. The number of benzene rings is 3. The van der Waals surface area contributed by atoms with E-state index < -0.39 is 11.8 Å². The van der Waals surface area contributed by atoms with Gasteiger partial charge in [0.05, 0.1) is 12.8 Å². The number of aryl methyl sites for hydroxylation is 1. The highest BCUT2D eigenvalue weighted by Gasteiger charge is 2.34. The van der Waals surface area contributed by atoms with E-state index in [-0.39, 0.29) is 17.3 Å². The molecule has 0 spiro atoms. The molecule has 0 unspecified atom stereocenters. The van der Waals surface area contributed by atoms with Crippen LogP contribution in [0.1, 0.15) is 22.3 Å². The maximum atomic E-state index is 13.3. The molecule has 178 valence electrons. The average Bonchev–Trinajstić information content (AvgIpc) is 2.84. The first-order chi connectivity index (χ1) is 16.8. The van der Waals surface area contributed by atoms with E-state index in [1.807, 2.05) is 38.1 Å². The van der Waals surface area contributed by atoms with Gasteiger partial charge in [0.1, 0.15) is 23.7 Å². The second-order valence-electron chi connectivity index (χ2n) is 7.99. The van der Waals surface area contributed by atoms with E-state index in [9.17, 15) is 9.59 Å². The smallest absolute Gasteiger partial charge is 0.270 e. The number of hydrogen-bond donors (Lipinski definition) is 1. The van der Waals surface area contributed by atoms with Gasteiger partial charge in [-0.25, -0.2) is 0 Å². The zero-order valence-corrected chi connectivity index (χ0v) is 21.0. The molecule has 1 aliphatic heterocycles. The molecule has 8 heteroatoms. The van der Waals surface area contributed by atoms with Crippen molar-refractivity contribution in [1.29, 1.82) is 0 Å². The van der Waals surface area contributed by atoms with Gasteiger partial charge in [0.15, 0.2) is 5.11 Å². The summed E-state index contributed by atoms with van der Waals surface area (Å²) in [6.07, 6.45) is 1.53. The van der Waals surface area contributed by atoms with Gasteiger partial charge in [-0.3, -0.25) is 19.8 Å². The number of amides is 2. The number of thiocarbonyl (C=S) groups is 1. The predicted octanol–water partition coefficient (Wildman–Crippen LogP) is 5.38. The molecule has 1 saturated heterocycles. The highest BCUT2D eigenvalue weighted by molar-refractivity contribution is 7.80. The van der Waals surface area contributed by atoms with Crippen LogP contribution in [-0.4, -0.2) is 24.0 Å². The predicted molar refractivity (Wildman–Crippen MR) is 141 cm³/mol. The lowest BCUT2D eigenvalue weighted by atomic mass is 10.0. The third-order valence-corrected chi connectivity index (χ3v) is 6.28. The zero-order valence-electron chi connectivity index (χ0n) is 19.4. The highest BCUT2D eigenvalue weighted by Crippen LogP contribution is 2.28. The van der Waals surface area contributed by atoms with Crippen LogP contribution in [0.2, 0.25) is 5.02 Å². The molecular formula is C27H23ClN2O4S. The van der Waals surface area contributed by atoms with E-state index in [1.54, 1.807) is 43.5 Å². The molecule has 0 aromatic heterocycles. The zero-order chi connectivity index (χ0) is 25.1. The fraction of sp³-hybridized carbons (Fsp3) is 0.148. The van der Waals surface area contributed by atoms with Gasteiger partial charge in [-0.2, -0.15) is 0 Å². The summed E-state index contributed by atoms with van der Waals surface area (Å²) in [5.74, 6) is 0.338. The molecule has 1 fully saturated rings. The molecule has 4 rings (SSSR count). The van der Waals surface area contributed by atoms with Crippen LogP contribution < -0.4 is 19.7 Å². The van der Waals surface area contributed by atoms with Crippen LogP contribution in [0.4, 0.5) is 5.69 Å². The summed E-state index contributed by atoms with van der Waals surface area (Å²) in [5.41, 5.74) is 4.09. The van der Waals surface area contributed by atoms with Crippen molar-refractivity contribution >= 4 is 52.5 Å². The molecule has 1 N–H and O–H groups in total. The van der Waals surface area contributed by atoms with E-state index in [0.717, 1.165) is 22.4 Å². The van der Waals surface area contributed by atoms with E-state index in [4.69, 9.17) is 33.3 Å². The van der Waals surface area contributed by atoms with Crippen molar-refractivity contribution in [2.75, 3.05) is 12.0 Å². The van der Waals surface area contributed by atoms with Crippen molar-refractivity contribution in [3.63, 3.8) is 0 Å². The number of halogens is 1. The van der Waals surface area contributed by atoms with Gasteiger partial charge in [-0.15, -0.1) is 0 Å². The summed E-state index contributed by atoms with van der Waals surface area (Å²) >= 11 is 11.2. The minimum atomic E-state index is -0.561. The van der Waals surface area contributed by atoms with Gasteiger partial charge in [0.2, 0.25) is 0 Å². The number of hydrogen-bond acceptors (Lipinski definition) is 5. The topological polar surface area (TPSA) is 67.9 Å². The van der Waals surface area contributed by atoms with Crippen molar-refractivity contribution < 1.29 is 19.1 Å². The van der Waals surface area contributed by atoms with Crippen LogP contribution in [0.3, 0.4) is 0 Å². The van der Waals surface area contributed by atoms with Gasteiger partial charge in [-0.1, -0.05) is 29.8 Å². The molecule has 35 heavy (non-hydrogen) atoms. The quantitative estimate of drug-likeness (QED) is 0.276. The molecule has 2 amide bonds. The molecular weight excluding hydrogens is 484 g/mol. The Morgan fingerprint density at radius 2 is 1.77 bits per heavy atom. The molecule has 3 aromatic carbocycles. The molecule has 0 aliphatic carbocycles. The molecule has 0 atom stereocenters. The first-order valence-electron chi connectivity index (χ1n) is 10.8. The van der Waals surface area contributed by atoms with Crippen molar-refractivity contribution in [2.24, 2.45) is 0 Å². The fourth-order valence-electron chi connectivity index (χ4n) is 3.69. The Morgan fingerprint density at radius 1 is 1.03 bits per heavy atom. The number of nitrogens with zero attached hydrogens (tertiary/aromatic N) is 1. The van der Waals surface area contributed by atoms with Crippen molar-refractivity contribution in [3.8, 4) is 11.5 Å². The normalized spacial score (nSPS) is 14.8. The minimum Gasteiger partial charge on any atom is -0.496 e. The van der Waals surface area contributed by atoms with Gasteiger partial charge < -0.3 is 9.47 Å². The minimum absolute atomic E-state index is 0.0109. The summed E-state index contributed by atoms with van der Waals surface area (Å²) in [4.78, 5) is 27.2. The SMILES string of the molecule is COc1ccc(/C=C2/C(=O)NC(=S)N(c3ccc(Cl)cc3)C2=O)cc1COc1cccc(C)c1C. The standard InChI is InChI=1S/C27H23ClN2O4S/c1-16-5-4-6-23(17(16)2)34-15-19-13-18(7-12-24(19)33-3)14-22-25(31)29-27(35)30(26(22)32)21-10-8-20(28)9-11-21/h4-14H,15H2,1-3H3,(H,29,31,35)/b22-14-. The van der Waals surface area contributed by atoms with Crippen molar-refractivity contribution in [1.82, 2.24) is 5.32 Å². The number of ether oxygens (including phenoxy) is 2. The molecule has 0 saturated carbocycles. The van der Waals surface area contributed by atoms with E-state index in [0.29, 0.717) is 22.0 Å². The summed E-state index contributed by atoms with van der Waals surface area (Å²) in [7, 11) is 1.58. The summed E-state index contributed by atoms with van der Waals surface area (Å²) in [6, 6.07) is 17.9. The number of carbonyl (C=O) groups is 2. The van der Waals surface area contributed by atoms with Crippen molar-refractivity contribution in [3.05, 3.63) is 93.5 Å². The Balaban J connectivity index is 1.64. The van der Waals surface area contributed by atoms with Gasteiger partial charge in [0.25, 0.3) is 11.8 Å². The third kappa shape index (κ3) is 5.21. The fourth-order valence-corrected chi connectivity index (χ4v) is 4.09. The van der Waals surface area contributed by atoms with E-state index in [2.05, 4.69) is 5.32 Å². The Hall–Kier alpha value is -3.68. The summed E-state index contributed by atoms with van der Waals surface area (Å²) in [5, 5.41) is 3.12. The third-order valence-electron chi connectivity index (χ3n) is 5.74. The number of anilines is 1. The Kier molecular flexibility index (Phi) is 7.19. The van der Waals surface area contributed by atoms with Gasteiger partial charge in [-0.05, 0) is 91.3 Å². The lowest BCUT2D eigenvalue weighted by molar-refractivity contribution is -0.122. The Labute approximate surface area is 214 Å². The first kappa shape index (κ1) is 24.4. The molecule has 0 bridgehead atoms. The average molecular weight is 507 g/mol. The van der Waals surface area contributed by atoms with Crippen LogP contribution in [-0.2, 0) is 16.2 Å². The van der Waals surface area contributed by atoms with E-state index in [1.165, 1.54) is 11.0 Å². The van der Waals surface area contributed by atoms with Crippen molar-refractivity contribution in [2.45, 2.75) is 20.5 Å². The molecule has 3 aromatic rings. The largest absolute Gasteiger partial charge is 0.496 e. The lowest BCUT2D eigenvalue weighted by Gasteiger charge is -2.29. The van der Waals surface area contributed by atoms with E-state index >= 15 is 0 Å². The first-order valence-corrected chi connectivity index (χ1v) is 11.6. The molecule has 1 heterocycles. The second-order valence-corrected chi connectivity index (χ2v) is 8.82. The number of nitrogens with one attached hydrogen (secondary N) is 1. The van der Waals surface area contributed by atoms with Gasteiger partial charge >= 0.3 is 0 Å². The Morgan fingerprint density at radius 3 is 2.49 bits per heavy atom. The highest BCUT2D eigenvalue weighted by atomic mass is 35.5. The van der Waals surface area contributed by atoms with Crippen LogP contribution in [0.5, 0.6) is 11.5 Å². The van der Waals surface area contributed by atoms with Crippen LogP contribution in [0.25, 0.3) is 6.08 Å². The van der Waals surface area contributed by atoms with Gasteiger partial charge in [0, 0.05) is 10.6 Å². The lowest BCUT2D eigenvalue weighted by Crippen LogP contribution is -2.54. The summed E-state index contributed by atoms with van der Waals surface area (Å²) < 4.78 is 11.5. The maximum absolute atomic E-state index is 13.3. The maximum Gasteiger partial charge on any atom is 0.270 e. The van der Waals surface area contributed by atoms with Crippen LogP contribution >= 0.6 is 23.8 Å². The number of carbonyl (C=O) groups excluding carboxylic acids is 2. The van der Waals surface area contributed by atoms with Crippen LogP contribution in [0, 0.1) is 13.8 Å². The number of methoxy groups -OCH3 is 1. The monoisotopic (exact) mass is 506 g/mol. The molecule has 0 radical (unpaired) electrons. The Bertz CT molecular complexity index is 1350. The summed E-state index contributed by atoms with van der Waals surface area (Å²) in [6.45, 7) is 4.29. The molecule has 1 aliphatic rings. The molecule has 6 nitrogen and oxygen atoms in total. The van der Waals surface area contributed by atoms with Crippen LogP contribution in [0.15, 0.2) is 66.2 Å². The number of rotatable bonds is 6.